The van der Waals surface area contributed by atoms with Crippen LogP contribution < -0.4 is 0 Å². The van der Waals surface area contributed by atoms with Crippen LogP contribution in [-0.4, -0.2) is 9.97 Å². The fraction of sp³-hybridized carbons (Fsp3) is 0. The maximum Gasteiger partial charge on any atom is 0.122 e. The van der Waals surface area contributed by atoms with Crippen LogP contribution in [0.5, 0.6) is 0 Å². The van der Waals surface area contributed by atoms with Crippen LogP contribution in [0.15, 0.2) is 41.1 Å². The first-order valence-corrected chi connectivity index (χ1v) is 5.26. The molecule has 0 saturated carbocycles. The second-order valence-corrected chi connectivity index (χ2v) is 4.17. The van der Waals surface area contributed by atoms with Gasteiger partial charge in [-0.3, -0.25) is 4.98 Å². The fourth-order valence-electron chi connectivity index (χ4n) is 1.15. The Morgan fingerprint density at radius 2 is 1.86 bits per heavy atom. The van der Waals surface area contributed by atoms with Gasteiger partial charge in [0.25, 0.3) is 0 Å². The molecule has 4 heteroatoms. The molecule has 0 amide bonds. The highest BCUT2D eigenvalue weighted by atomic mass is 79.9. The number of aromatic nitrogens is 2. The van der Waals surface area contributed by atoms with E-state index >= 15 is 0 Å². The van der Waals surface area contributed by atoms with E-state index in [0.29, 0.717) is 4.64 Å². The molecule has 1 aromatic carbocycles. The van der Waals surface area contributed by atoms with Crippen molar-refractivity contribution in [1.29, 1.82) is 0 Å². The predicted octanol–water partition coefficient (Wildman–Crippen LogP) is 3.57. The molecule has 0 unspecified atom stereocenters. The summed E-state index contributed by atoms with van der Waals surface area (Å²) in [6, 6.07) is 7.98. The Balaban J connectivity index is 2.50. The van der Waals surface area contributed by atoms with Gasteiger partial charge in [-0.25, -0.2) is 0 Å². The number of hydrogen-bond acceptors (Lipinski definition) is 2. The second kappa shape index (κ2) is 4.02. The SMILES string of the molecule is S=c1cncc(-c2ccc(Br)cc2)[nH]1. The van der Waals surface area contributed by atoms with E-state index in [1.807, 2.05) is 24.3 Å². The smallest absolute Gasteiger partial charge is 0.122 e. The van der Waals surface area contributed by atoms with Crippen molar-refractivity contribution in [3.63, 3.8) is 0 Å². The largest absolute Gasteiger partial charge is 0.344 e. The minimum atomic E-state index is 0.644. The van der Waals surface area contributed by atoms with Gasteiger partial charge >= 0.3 is 0 Å². The van der Waals surface area contributed by atoms with E-state index in [4.69, 9.17) is 12.2 Å². The highest BCUT2D eigenvalue weighted by Gasteiger charge is 1.96. The van der Waals surface area contributed by atoms with Crippen LogP contribution in [0.3, 0.4) is 0 Å². The van der Waals surface area contributed by atoms with Crippen LogP contribution in [0, 0.1) is 4.64 Å². The maximum atomic E-state index is 5.00. The van der Waals surface area contributed by atoms with Gasteiger partial charge in [0.15, 0.2) is 0 Å². The Morgan fingerprint density at radius 1 is 1.14 bits per heavy atom. The summed E-state index contributed by atoms with van der Waals surface area (Å²) >= 11 is 8.38. The molecule has 0 atom stereocenters. The Bertz CT molecular complexity index is 490. The number of halogens is 1. The topological polar surface area (TPSA) is 28.7 Å². The molecule has 0 aliphatic heterocycles. The molecule has 1 heterocycles. The van der Waals surface area contributed by atoms with Crippen molar-refractivity contribution in [2.45, 2.75) is 0 Å². The zero-order valence-electron chi connectivity index (χ0n) is 7.20. The molecular formula is C10H7BrN2S. The summed E-state index contributed by atoms with van der Waals surface area (Å²) in [4.78, 5) is 7.12. The average molecular weight is 267 g/mol. The van der Waals surface area contributed by atoms with Gasteiger partial charge in [0.1, 0.15) is 4.64 Å². The van der Waals surface area contributed by atoms with Crippen molar-refractivity contribution >= 4 is 28.1 Å². The van der Waals surface area contributed by atoms with E-state index in [1.54, 1.807) is 12.4 Å². The fourth-order valence-corrected chi connectivity index (χ4v) is 1.59. The quantitative estimate of drug-likeness (QED) is 0.800. The summed E-state index contributed by atoms with van der Waals surface area (Å²) in [5.41, 5.74) is 2.01. The Labute approximate surface area is 95.2 Å². The molecule has 0 saturated heterocycles. The van der Waals surface area contributed by atoms with Gasteiger partial charge < -0.3 is 4.98 Å². The van der Waals surface area contributed by atoms with Crippen molar-refractivity contribution in [2.75, 3.05) is 0 Å². The lowest BCUT2D eigenvalue weighted by Crippen LogP contribution is -1.85. The third-order valence-corrected chi connectivity index (χ3v) is 2.54. The van der Waals surface area contributed by atoms with Crippen molar-refractivity contribution in [1.82, 2.24) is 9.97 Å². The Kier molecular flexibility index (Phi) is 2.74. The minimum Gasteiger partial charge on any atom is -0.344 e. The summed E-state index contributed by atoms with van der Waals surface area (Å²) < 4.78 is 1.70. The van der Waals surface area contributed by atoms with Crippen molar-refractivity contribution in [2.24, 2.45) is 0 Å². The maximum absolute atomic E-state index is 5.00. The summed E-state index contributed by atoms with van der Waals surface area (Å²) in [7, 11) is 0. The number of nitrogens with one attached hydrogen (secondary N) is 1. The molecule has 1 N–H and O–H groups in total. The minimum absolute atomic E-state index is 0.644. The van der Waals surface area contributed by atoms with Gasteiger partial charge in [0, 0.05) is 4.47 Å². The van der Waals surface area contributed by atoms with Crippen LogP contribution in [-0.2, 0) is 0 Å². The lowest BCUT2D eigenvalue weighted by molar-refractivity contribution is 1.18. The average Bonchev–Trinajstić information content (AvgIpc) is 2.19. The van der Waals surface area contributed by atoms with E-state index in [9.17, 15) is 0 Å². The summed E-state index contributed by atoms with van der Waals surface area (Å²) in [6.07, 6.45) is 3.39. The normalized spacial score (nSPS) is 10.1. The van der Waals surface area contributed by atoms with Crippen LogP contribution >= 0.6 is 28.1 Å². The molecule has 2 nitrogen and oxygen atoms in total. The second-order valence-electron chi connectivity index (χ2n) is 2.82. The van der Waals surface area contributed by atoms with Crippen LogP contribution in [0.4, 0.5) is 0 Å². The van der Waals surface area contributed by atoms with Crippen LogP contribution in [0.1, 0.15) is 0 Å². The monoisotopic (exact) mass is 266 g/mol. The molecule has 0 aliphatic carbocycles. The molecule has 0 bridgehead atoms. The van der Waals surface area contributed by atoms with Gasteiger partial charge in [-0.05, 0) is 17.7 Å². The summed E-state index contributed by atoms with van der Waals surface area (Å²) in [5.74, 6) is 0. The molecule has 0 radical (unpaired) electrons. The van der Waals surface area contributed by atoms with E-state index in [-0.39, 0.29) is 0 Å². The Morgan fingerprint density at radius 3 is 2.50 bits per heavy atom. The third kappa shape index (κ3) is 2.08. The molecule has 0 fully saturated rings. The number of benzene rings is 1. The molecular weight excluding hydrogens is 260 g/mol. The van der Waals surface area contributed by atoms with Gasteiger partial charge in [-0.1, -0.05) is 40.3 Å². The first-order chi connectivity index (χ1) is 6.75. The lowest BCUT2D eigenvalue weighted by atomic mass is 10.2. The van der Waals surface area contributed by atoms with E-state index in [2.05, 4.69) is 25.9 Å². The molecule has 0 spiro atoms. The zero-order chi connectivity index (χ0) is 9.97. The first-order valence-electron chi connectivity index (χ1n) is 4.06. The predicted molar refractivity (Wildman–Crippen MR) is 62.6 cm³/mol. The summed E-state index contributed by atoms with van der Waals surface area (Å²) in [5, 5.41) is 0. The van der Waals surface area contributed by atoms with Gasteiger partial charge in [0.05, 0.1) is 18.1 Å². The highest BCUT2D eigenvalue weighted by molar-refractivity contribution is 9.10. The molecule has 2 aromatic rings. The standard InChI is InChI=1S/C10H7BrN2S/c11-8-3-1-7(2-4-8)9-5-12-6-10(14)13-9/h1-6H,(H,13,14). The van der Waals surface area contributed by atoms with Crippen molar-refractivity contribution in [3.05, 3.63) is 45.8 Å². The van der Waals surface area contributed by atoms with Crippen LogP contribution in [0.2, 0.25) is 0 Å². The van der Waals surface area contributed by atoms with Gasteiger partial charge in [-0.2, -0.15) is 0 Å². The van der Waals surface area contributed by atoms with E-state index < -0.39 is 0 Å². The van der Waals surface area contributed by atoms with Crippen molar-refractivity contribution < 1.29 is 0 Å². The highest BCUT2D eigenvalue weighted by Crippen LogP contribution is 2.18. The number of H-pyrrole nitrogens is 1. The lowest BCUT2D eigenvalue weighted by Gasteiger charge is -2.00. The number of aromatic amines is 1. The molecule has 70 valence electrons. The van der Waals surface area contributed by atoms with Gasteiger partial charge in [-0.15, -0.1) is 0 Å². The molecule has 0 aliphatic rings. The third-order valence-electron chi connectivity index (χ3n) is 1.81. The van der Waals surface area contributed by atoms with E-state index in [0.717, 1.165) is 15.7 Å². The molecule has 14 heavy (non-hydrogen) atoms. The molecule has 2 rings (SSSR count). The first kappa shape index (κ1) is 9.55. The number of hydrogen-bond donors (Lipinski definition) is 1. The van der Waals surface area contributed by atoms with Crippen LogP contribution in [0.25, 0.3) is 11.3 Å². The number of rotatable bonds is 1. The molecule has 1 aromatic heterocycles. The summed E-state index contributed by atoms with van der Waals surface area (Å²) in [6.45, 7) is 0. The zero-order valence-corrected chi connectivity index (χ0v) is 9.60. The van der Waals surface area contributed by atoms with Gasteiger partial charge in [0.2, 0.25) is 0 Å². The number of nitrogens with zero attached hydrogens (tertiary/aromatic N) is 1. The Hall–Kier alpha value is -1.00. The van der Waals surface area contributed by atoms with E-state index in [1.165, 1.54) is 0 Å². The van der Waals surface area contributed by atoms with Crippen molar-refractivity contribution in [3.8, 4) is 11.3 Å².